The van der Waals surface area contributed by atoms with E-state index in [9.17, 15) is 13.8 Å². The van der Waals surface area contributed by atoms with E-state index in [1.807, 2.05) is 13.8 Å². The average Bonchev–Trinajstić information content (AvgIpc) is 3.49. The van der Waals surface area contributed by atoms with Crippen molar-refractivity contribution in [3.63, 3.8) is 0 Å². The molecular formula is C24H30FN6O6P. The smallest absolute Gasteiger partial charge is 0.342 e. The van der Waals surface area contributed by atoms with Crippen molar-refractivity contribution in [1.29, 1.82) is 0 Å². The SMILES string of the molecule is CC[C@H](NP(=O)(CO[C@@H]1C=C(F)[C@H](n2cnc3c(N)ncnc32)O1)Oc1ccccc1)C(=O)OCC(C)C. The summed E-state index contributed by atoms with van der Waals surface area (Å²) in [5.74, 6) is -0.647. The van der Waals surface area contributed by atoms with E-state index in [1.165, 1.54) is 17.2 Å². The second kappa shape index (κ2) is 12.0. The lowest BCUT2D eigenvalue weighted by molar-refractivity contribution is -0.146. The molecule has 0 spiro atoms. The van der Waals surface area contributed by atoms with Gasteiger partial charge in [0.2, 0.25) is 0 Å². The van der Waals surface area contributed by atoms with Crippen LogP contribution in [-0.2, 0) is 23.6 Å². The number of rotatable bonds is 12. The van der Waals surface area contributed by atoms with Crippen LogP contribution in [0.15, 0.2) is 54.9 Å². The number of nitrogens with two attached hydrogens (primary N) is 1. The highest BCUT2D eigenvalue weighted by Crippen LogP contribution is 2.45. The molecule has 0 amide bonds. The first kappa shape index (κ1) is 27.6. The van der Waals surface area contributed by atoms with Gasteiger partial charge in [-0.2, -0.15) is 0 Å². The number of aromatic nitrogens is 4. The lowest BCUT2D eigenvalue weighted by atomic mass is 10.2. The second-order valence-corrected chi connectivity index (χ2v) is 11.0. The molecule has 3 heterocycles. The molecule has 204 valence electrons. The van der Waals surface area contributed by atoms with Crippen LogP contribution in [0.3, 0.4) is 0 Å². The number of anilines is 1. The molecule has 0 saturated carbocycles. The number of carbonyl (C=O) groups excluding carboxylic acids is 1. The van der Waals surface area contributed by atoms with Gasteiger partial charge >= 0.3 is 13.5 Å². The van der Waals surface area contributed by atoms with Crippen LogP contribution in [0.25, 0.3) is 11.2 Å². The molecule has 1 aliphatic rings. The maximum Gasteiger partial charge on any atom is 0.342 e. The summed E-state index contributed by atoms with van der Waals surface area (Å²) in [7, 11) is -3.87. The number of ether oxygens (including phenoxy) is 3. The Balaban J connectivity index is 1.48. The van der Waals surface area contributed by atoms with Crippen molar-refractivity contribution < 1.29 is 32.5 Å². The molecule has 1 unspecified atom stereocenters. The fourth-order valence-electron chi connectivity index (χ4n) is 3.58. The first-order chi connectivity index (χ1) is 18.2. The predicted octanol–water partition coefficient (Wildman–Crippen LogP) is 3.93. The van der Waals surface area contributed by atoms with Crippen LogP contribution in [0.4, 0.5) is 10.2 Å². The molecule has 1 aliphatic heterocycles. The average molecular weight is 549 g/mol. The lowest BCUT2D eigenvalue weighted by Gasteiger charge is -2.26. The van der Waals surface area contributed by atoms with E-state index in [4.69, 9.17) is 24.5 Å². The molecule has 12 nitrogen and oxygen atoms in total. The van der Waals surface area contributed by atoms with Gasteiger partial charge in [-0.3, -0.25) is 13.9 Å². The van der Waals surface area contributed by atoms with Crippen molar-refractivity contribution in [2.45, 2.75) is 45.8 Å². The Hall–Kier alpha value is -3.38. The molecular weight excluding hydrogens is 518 g/mol. The van der Waals surface area contributed by atoms with E-state index in [-0.39, 0.29) is 30.4 Å². The number of imidazole rings is 1. The summed E-state index contributed by atoms with van der Waals surface area (Å²) in [6.45, 7) is 5.79. The number of halogens is 1. The summed E-state index contributed by atoms with van der Waals surface area (Å²) in [6.07, 6.45) is 0.984. The van der Waals surface area contributed by atoms with Gasteiger partial charge in [-0.25, -0.2) is 24.4 Å². The summed E-state index contributed by atoms with van der Waals surface area (Å²) in [5.41, 5.74) is 6.38. The third-order valence-electron chi connectivity index (χ3n) is 5.44. The van der Waals surface area contributed by atoms with Gasteiger partial charge in [-0.1, -0.05) is 39.0 Å². The first-order valence-electron chi connectivity index (χ1n) is 12.0. The summed E-state index contributed by atoms with van der Waals surface area (Å²) in [6, 6.07) is 7.52. The molecule has 3 aromatic rings. The minimum absolute atomic E-state index is 0.136. The van der Waals surface area contributed by atoms with E-state index in [2.05, 4.69) is 20.0 Å². The molecule has 2 aromatic heterocycles. The third-order valence-corrected chi connectivity index (χ3v) is 7.14. The minimum atomic E-state index is -3.87. The number of nitrogens with one attached hydrogen (secondary N) is 1. The van der Waals surface area contributed by atoms with Crippen LogP contribution < -0.4 is 15.3 Å². The van der Waals surface area contributed by atoms with Crippen LogP contribution in [0.2, 0.25) is 0 Å². The van der Waals surface area contributed by atoms with Crippen molar-refractivity contribution in [2.24, 2.45) is 5.92 Å². The number of para-hydroxylation sites is 1. The van der Waals surface area contributed by atoms with Crippen LogP contribution >= 0.6 is 7.52 Å². The van der Waals surface area contributed by atoms with Gasteiger partial charge in [0.1, 0.15) is 23.6 Å². The Kier molecular flexibility index (Phi) is 8.72. The lowest BCUT2D eigenvalue weighted by Crippen LogP contribution is -2.38. The Morgan fingerprint density at radius 3 is 2.74 bits per heavy atom. The number of carbonyl (C=O) groups is 1. The van der Waals surface area contributed by atoms with Gasteiger partial charge in [-0.05, 0) is 24.5 Å². The van der Waals surface area contributed by atoms with E-state index in [0.29, 0.717) is 11.3 Å². The second-order valence-electron chi connectivity index (χ2n) is 8.98. The Bertz CT molecular complexity index is 1340. The Morgan fingerprint density at radius 1 is 1.26 bits per heavy atom. The monoisotopic (exact) mass is 548 g/mol. The molecule has 4 atom stereocenters. The highest BCUT2D eigenvalue weighted by atomic mass is 31.2. The Morgan fingerprint density at radius 2 is 2.03 bits per heavy atom. The summed E-state index contributed by atoms with van der Waals surface area (Å²) < 4.78 is 52.5. The zero-order valence-corrected chi connectivity index (χ0v) is 22.1. The Labute approximate surface area is 218 Å². The number of nitrogen functional groups attached to an aromatic ring is 1. The maximum atomic E-state index is 14.9. The van der Waals surface area contributed by atoms with Crippen molar-refractivity contribution in [3.05, 3.63) is 54.9 Å². The number of hydrogen-bond donors (Lipinski definition) is 2. The van der Waals surface area contributed by atoms with Gasteiger partial charge in [0.05, 0.1) is 12.9 Å². The summed E-state index contributed by atoms with van der Waals surface area (Å²) in [4.78, 5) is 24.7. The molecule has 1 aromatic carbocycles. The largest absolute Gasteiger partial charge is 0.464 e. The summed E-state index contributed by atoms with van der Waals surface area (Å²) >= 11 is 0. The van der Waals surface area contributed by atoms with Gasteiger partial charge in [-0.15, -0.1) is 0 Å². The number of hydrogen-bond acceptors (Lipinski definition) is 10. The van der Waals surface area contributed by atoms with Crippen LogP contribution in [0.5, 0.6) is 5.75 Å². The molecule has 38 heavy (non-hydrogen) atoms. The fraction of sp³-hybridized carbons (Fsp3) is 0.417. The fourth-order valence-corrected chi connectivity index (χ4v) is 5.33. The van der Waals surface area contributed by atoms with E-state index in [0.717, 1.165) is 6.08 Å². The summed E-state index contributed by atoms with van der Waals surface area (Å²) in [5, 5.41) is 2.77. The quantitative estimate of drug-likeness (QED) is 0.250. The number of benzene rings is 1. The van der Waals surface area contributed by atoms with Crippen LogP contribution in [-0.4, -0.2) is 50.8 Å². The van der Waals surface area contributed by atoms with Crippen molar-refractivity contribution in [1.82, 2.24) is 24.6 Å². The zero-order chi connectivity index (χ0) is 27.3. The standard InChI is InChI=1S/C24H30FN6O6P/c1-4-18(24(32)34-11-15(2)3)30-38(33,37-16-8-6-5-7-9-16)14-35-19-10-17(25)23(36-19)31-13-29-20-21(26)27-12-28-22(20)31/h5-10,12-13,15,18-19,23H,4,11,14H2,1-3H3,(H,30,33)(H2,26,27,28)/t18-,19-,23+,38?/m0/s1. The third kappa shape index (κ3) is 6.54. The molecule has 0 bridgehead atoms. The molecule has 4 rings (SSSR count). The molecule has 0 aliphatic carbocycles. The molecule has 0 radical (unpaired) electrons. The van der Waals surface area contributed by atoms with Gasteiger partial charge in [0, 0.05) is 6.08 Å². The van der Waals surface area contributed by atoms with E-state index < -0.39 is 44.2 Å². The van der Waals surface area contributed by atoms with Gasteiger partial charge < -0.3 is 24.5 Å². The van der Waals surface area contributed by atoms with E-state index >= 15 is 0 Å². The van der Waals surface area contributed by atoms with Gasteiger partial charge in [0.25, 0.3) is 0 Å². The molecule has 3 N–H and O–H groups in total. The van der Waals surface area contributed by atoms with Gasteiger partial charge in [0.15, 0.2) is 36.2 Å². The van der Waals surface area contributed by atoms with Crippen LogP contribution in [0.1, 0.15) is 33.4 Å². The number of esters is 1. The maximum absolute atomic E-state index is 14.9. The van der Waals surface area contributed by atoms with E-state index in [1.54, 1.807) is 37.3 Å². The van der Waals surface area contributed by atoms with Crippen molar-refractivity contribution >= 4 is 30.5 Å². The zero-order valence-electron chi connectivity index (χ0n) is 21.2. The first-order valence-corrected chi connectivity index (χ1v) is 13.9. The normalized spacial score (nSPS) is 19.8. The topological polar surface area (TPSA) is 153 Å². The predicted molar refractivity (Wildman–Crippen MR) is 136 cm³/mol. The molecule has 0 fully saturated rings. The van der Waals surface area contributed by atoms with Crippen molar-refractivity contribution in [2.75, 3.05) is 18.7 Å². The highest BCUT2D eigenvalue weighted by molar-refractivity contribution is 7.57. The van der Waals surface area contributed by atoms with Crippen molar-refractivity contribution in [3.8, 4) is 5.75 Å². The number of fused-ring (bicyclic) bond motifs is 1. The molecule has 14 heteroatoms. The number of nitrogens with zero attached hydrogens (tertiary/aromatic N) is 4. The minimum Gasteiger partial charge on any atom is -0.464 e. The highest BCUT2D eigenvalue weighted by Gasteiger charge is 2.36. The molecule has 0 saturated heterocycles. The van der Waals surface area contributed by atoms with Crippen LogP contribution in [0, 0.1) is 5.92 Å².